The number of allylic oxidation sites excluding steroid dienone is 2. The summed E-state index contributed by atoms with van der Waals surface area (Å²) in [6.45, 7) is 3.71. The number of benzene rings is 2. The second kappa shape index (κ2) is 7.53. The minimum Gasteiger partial charge on any atom is -0.174 e. The molecule has 2 aromatic carbocycles. The molecule has 0 bridgehead atoms. The first-order chi connectivity index (χ1) is 10.2. The molecule has 0 saturated carbocycles. The second-order valence-corrected chi connectivity index (χ2v) is 4.94. The third kappa shape index (κ3) is 4.38. The molecule has 0 radical (unpaired) electrons. The van der Waals surface area contributed by atoms with Gasteiger partial charge in [-0.25, -0.2) is 0 Å². The molecular formula is C19H18F2. The van der Waals surface area contributed by atoms with E-state index in [1.165, 1.54) is 0 Å². The lowest BCUT2D eigenvalue weighted by Gasteiger charge is -2.14. The zero-order chi connectivity index (χ0) is 15.1. The lowest BCUT2D eigenvalue weighted by atomic mass is 9.91. The van der Waals surface area contributed by atoms with Gasteiger partial charge in [-0.3, -0.25) is 0 Å². The molecule has 0 aliphatic carbocycles. The van der Waals surface area contributed by atoms with Crippen molar-refractivity contribution in [1.82, 2.24) is 0 Å². The van der Waals surface area contributed by atoms with E-state index in [1.54, 1.807) is 6.08 Å². The smallest absolute Gasteiger partial charge is 0.174 e. The topological polar surface area (TPSA) is 0 Å². The van der Waals surface area contributed by atoms with Gasteiger partial charge in [-0.2, -0.15) is 8.78 Å². The highest BCUT2D eigenvalue weighted by molar-refractivity contribution is 5.63. The zero-order valence-corrected chi connectivity index (χ0v) is 11.8. The molecule has 0 aliphatic rings. The summed E-state index contributed by atoms with van der Waals surface area (Å²) in [5.41, 5.74) is 3.34. The van der Waals surface area contributed by atoms with Crippen molar-refractivity contribution < 1.29 is 8.78 Å². The Morgan fingerprint density at radius 1 is 0.905 bits per heavy atom. The normalized spacial score (nSPS) is 11.7. The van der Waals surface area contributed by atoms with Crippen molar-refractivity contribution in [3.63, 3.8) is 0 Å². The van der Waals surface area contributed by atoms with E-state index in [0.717, 1.165) is 22.8 Å². The van der Waals surface area contributed by atoms with Crippen LogP contribution in [0.2, 0.25) is 0 Å². The molecule has 0 nitrogen and oxygen atoms in total. The zero-order valence-electron chi connectivity index (χ0n) is 11.8. The molecule has 108 valence electrons. The maximum atomic E-state index is 12.3. The Hall–Kier alpha value is -2.22. The van der Waals surface area contributed by atoms with E-state index in [9.17, 15) is 8.78 Å². The van der Waals surface area contributed by atoms with E-state index in [0.29, 0.717) is 12.8 Å². The van der Waals surface area contributed by atoms with Crippen LogP contribution in [0, 0.1) is 0 Å². The Morgan fingerprint density at radius 3 is 2.10 bits per heavy atom. The van der Waals surface area contributed by atoms with Crippen LogP contribution in [0.15, 0.2) is 79.4 Å². The van der Waals surface area contributed by atoms with Crippen molar-refractivity contribution in [2.75, 3.05) is 0 Å². The molecule has 0 aliphatic heterocycles. The van der Waals surface area contributed by atoms with Crippen molar-refractivity contribution in [2.45, 2.75) is 18.8 Å². The van der Waals surface area contributed by atoms with E-state index in [2.05, 4.69) is 18.7 Å². The maximum Gasteiger partial charge on any atom is 0.266 e. The quantitative estimate of drug-likeness (QED) is 0.555. The van der Waals surface area contributed by atoms with Gasteiger partial charge in [0.1, 0.15) is 0 Å². The molecule has 0 amide bonds. The molecule has 2 aromatic rings. The molecular weight excluding hydrogens is 266 g/mol. The van der Waals surface area contributed by atoms with E-state index in [1.807, 2.05) is 42.5 Å². The molecule has 0 saturated heterocycles. The summed E-state index contributed by atoms with van der Waals surface area (Å²) in [7, 11) is 0. The van der Waals surface area contributed by atoms with Crippen LogP contribution in [0.3, 0.4) is 0 Å². The van der Waals surface area contributed by atoms with E-state index < -0.39 is 6.08 Å². The van der Waals surface area contributed by atoms with Gasteiger partial charge in [0.05, 0.1) is 0 Å². The van der Waals surface area contributed by atoms with Gasteiger partial charge >= 0.3 is 0 Å². The summed E-state index contributed by atoms with van der Waals surface area (Å²) < 4.78 is 24.5. The van der Waals surface area contributed by atoms with Gasteiger partial charge in [-0.05, 0) is 41.5 Å². The fourth-order valence-corrected chi connectivity index (χ4v) is 2.38. The minimum absolute atomic E-state index is 0.0498. The summed E-state index contributed by atoms with van der Waals surface area (Å²) in [5.74, 6) is 0.0498. The van der Waals surface area contributed by atoms with E-state index >= 15 is 0 Å². The molecule has 21 heavy (non-hydrogen) atoms. The van der Waals surface area contributed by atoms with Gasteiger partial charge in [-0.1, -0.05) is 60.7 Å². The highest BCUT2D eigenvalue weighted by Crippen LogP contribution is 2.28. The Bertz CT molecular complexity index is 593. The van der Waals surface area contributed by atoms with Gasteiger partial charge in [0.25, 0.3) is 6.08 Å². The van der Waals surface area contributed by atoms with Crippen LogP contribution in [0.1, 0.15) is 24.3 Å². The second-order valence-electron chi connectivity index (χ2n) is 4.94. The summed E-state index contributed by atoms with van der Waals surface area (Å²) in [5, 5.41) is 0. The molecule has 1 unspecified atom stereocenters. The predicted octanol–water partition coefficient (Wildman–Crippen LogP) is 6.18. The van der Waals surface area contributed by atoms with Crippen LogP contribution in [-0.4, -0.2) is 0 Å². The molecule has 1 atom stereocenters. The Morgan fingerprint density at radius 2 is 1.52 bits per heavy atom. The highest BCUT2D eigenvalue weighted by atomic mass is 19.3. The van der Waals surface area contributed by atoms with Gasteiger partial charge in [0.15, 0.2) is 0 Å². The average Bonchev–Trinajstić information content (AvgIpc) is 2.52. The summed E-state index contributed by atoms with van der Waals surface area (Å²) in [6.07, 6.45) is 2.16. The standard InChI is InChI=1S/C19H18F2/c1-2-6-15(13-14-19(20)21)17-9-11-18(12-10-17)16-7-4-3-5-8-16/h2-5,7-12,14-15H,1,6,13H2. The molecule has 0 N–H and O–H groups in total. The molecule has 2 rings (SSSR count). The Labute approximate surface area is 124 Å². The first kappa shape index (κ1) is 15.2. The SMILES string of the molecule is C=CCC(CC=C(F)F)c1ccc(-c2ccccc2)cc1. The summed E-state index contributed by atoms with van der Waals surface area (Å²) in [6, 6.07) is 18.2. The summed E-state index contributed by atoms with van der Waals surface area (Å²) >= 11 is 0. The van der Waals surface area contributed by atoms with Crippen molar-refractivity contribution in [1.29, 1.82) is 0 Å². The van der Waals surface area contributed by atoms with Gasteiger partial charge in [0.2, 0.25) is 0 Å². The van der Waals surface area contributed by atoms with Crippen LogP contribution in [0.5, 0.6) is 0 Å². The minimum atomic E-state index is -1.62. The predicted molar refractivity (Wildman–Crippen MR) is 84.3 cm³/mol. The number of hydrogen-bond acceptors (Lipinski definition) is 0. The van der Waals surface area contributed by atoms with Crippen LogP contribution < -0.4 is 0 Å². The van der Waals surface area contributed by atoms with E-state index in [-0.39, 0.29) is 5.92 Å². The Balaban J connectivity index is 2.19. The van der Waals surface area contributed by atoms with E-state index in [4.69, 9.17) is 0 Å². The average molecular weight is 284 g/mol. The summed E-state index contributed by atoms with van der Waals surface area (Å²) in [4.78, 5) is 0. The largest absolute Gasteiger partial charge is 0.266 e. The number of halogens is 2. The monoisotopic (exact) mass is 284 g/mol. The van der Waals surface area contributed by atoms with Crippen LogP contribution in [0.25, 0.3) is 11.1 Å². The number of rotatable bonds is 6. The fraction of sp³-hybridized carbons (Fsp3) is 0.158. The first-order valence-electron chi connectivity index (χ1n) is 6.98. The van der Waals surface area contributed by atoms with Crippen molar-refractivity contribution in [3.05, 3.63) is 85.0 Å². The lowest BCUT2D eigenvalue weighted by molar-refractivity contribution is 0.415. The molecule has 2 heteroatoms. The molecule has 0 heterocycles. The van der Waals surface area contributed by atoms with Gasteiger partial charge in [0, 0.05) is 0 Å². The van der Waals surface area contributed by atoms with Crippen LogP contribution >= 0.6 is 0 Å². The van der Waals surface area contributed by atoms with Crippen molar-refractivity contribution in [3.8, 4) is 11.1 Å². The van der Waals surface area contributed by atoms with Gasteiger partial charge < -0.3 is 0 Å². The van der Waals surface area contributed by atoms with Crippen molar-refractivity contribution >= 4 is 0 Å². The maximum absolute atomic E-state index is 12.3. The highest BCUT2D eigenvalue weighted by Gasteiger charge is 2.09. The fourth-order valence-electron chi connectivity index (χ4n) is 2.38. The van der Waals surface area contributed by atoms with Crippen LogP contribution in [0.4, 0.5) is 8.78 Å². The molecule has 0 aromatic heterocycles. The van der Waals surface area contributed by atoms with Gasteiger partial charge in [-0.15, -0.1) is 6.58 Å². The third-order valence-corrected chi connectivity index (χ3v) is 3.50. The number of hydrogen-bond donors (Lipinski definition) is 0. The lowest BCUT2D eigenvalue weighted by Crippen LogP contribution is -1.96. The molecule has 0 fully saturated rings. The van der Waals surface area contributed by atoms with Crippen molar-refractivity contribution in [2.24, 2.45) is 0 Å². The third-order valence-electron chi connectivity index (χ3n) is 3.50. The Kier molecular flexibility index (Phi) is 5.44. The molecule has 0 spiro atoms. The first-order valence-corrected chi connectivity index (χ1v) is 6.98. The van der Waals surface area contributed by atoms with Crippen LogP contribution in [-0.2, 0) is 0 Å².